The van der Waals surface area contributed by atoms with Crippen LogP contribution in [0.4, 0.5) is 5.69 Å². The second-order valence-corrected chi connectivity index (χ2v) is 5.35. The zero-order chi connectivity index (χ0) is 18.2. The molecule has 0 unspecified atom stereocenters. The predicted octanol–water partition coefficient (Wildman–Crippen LogP) is 3.75. The van der Waals surface area contributed by atoms with Crippen LogP contribution in [0, 0.1) is 11.3 Å². The lowest BCUT2D eigenvalue weighted by atomic mass is 10.0. The molecule has 0 radical (unpaired) electrons. The molecule has 0 bridgehead atoms. The molecule has 0 saturated carbocycles. The third-order valence-corrected chi connectivity index (χ3v) is 3.68. The highest BCUT2D eigenvalue weighted by molar-refractivity contribution is 6.04. The number of anilines is 1. The smallest absolute Gasteiger partial charge is 0.255 e. The lowest BCUT2D eigenvalue weighted by molar-refractivity contribution is 0.102. The first-order valence-electron chi connectivity index (χ1n) is 7.76. The standard InChI is InChI=1S/C20H20N2O3/c1-4-5-15-12-16(13-18(24-2)19(15)25-3)20(23)22-17-8-6-14(7-9-17)10-11-21/h4,6-9,12-13H,1,5,10H2,2-3H3,(H,22,23). The van der Waals surface area contributed by atoms with E-state index in [1.54, 1.807) is 37.5 Å². The molecule has 0 aliphatic carbocycles. The number of allylic oxidation sites excluding steroid dienone is 1. The van der Waals surface area contributed by atoms with Gasteiger partial charge in [-0.25, -0.2) is 0 Å². The van der Waals surface area contributed by atoms with Crippen molar-refractivity contribution in [2.24, 2.45) is 0 Å². The van der Waals surface area contributed by atoms with Crippen LogP contribution in [-0.4, -0.2) is 20.1 Å². The van der Waals surface area contributed by atoms with Crippen LogP contribution in [0.5, 0.6) is 11.5 Å². The number of hydrogen-bond donors (Lipinski definition) is 1. The highest BCUT2D eigenvalue weighted by Gasteiger charge is 2.15. The van der Waals surface area contributed by atoms with Crippen molar-refractivity contribution in [3.63, 3.8) is 0 Å². The molecule has 5 heteroatoms. The van der Waals surface area contributed by atoms with Crippen molar-refractivity contribution in [2.75, 3.05) is 19.5 Å². The average molecular weight is 336 g/mol. The van der Waals surface area contributed by atoms with E-state index in [2.05, 4.69) is 18.0 Å². The first-order valence-corrected chi connectivity index (χ1v) is 7.76. The summed E-state index contributed by atoms with van der Waals surface area (Å²) in [5.74, 6) is 0.843. The maximum atomic E-state index is 12.6. The van der Waals surface area contributed by atoms with Crippen molar-refractivity contribution >= 4 is 11.6 Å². The minimum absolute atomic E-state index is 0.251. The quantitative estimate of drug-likeness (QED) is 0.782. The summed E-state index contributed by atoms with van der Waals surface area (Å²) in [4.78, 5) is 12.6. The number of nitriles is 1. The number of carbonyl (C=O) groups excluding carboxylic acids is 1. The Morgan fingerprint density at radius 3 is 2.52 bits per heavy atom. The highest BCUT2D eigenvalue weighted by Crippen LogP contribution is 2.33. The number of methoxy groups -OCH3 is 2. The van der Waals surface area contributed by atoms with Gasteiger partial charge in [0.15, 0.2) is 11.5 Å². The molecule has 1 N–H and O–H groups in total. The van der Waals surface area contributed by atoms with Gasteiger partial charge in [0.25, 0.3) is 5.91 Å². The van der Waals surface area contributed by atoms with E-state index in [1.807, 2.05) is 12.1 Å². The second kappa shape index (κ2) is 8.55. The third kappa shape index (κ3) is 4.39. The molecule has 2 aromatic carbocycles. The number of carbonyl (C=O) groups is 1. The Kier molecular flexibility index (Phi) is 6.19. The zero-order valence-electron chi connectivity index (χ0n) is 14.3. The molecule has 25 heavy (non-hydrogen) atoms. The van der Waals surface area contributed by atoms with E-state index in [9.17, 15) is 4.79 Å². The topological polar surface area (TPSA) is 71.4 Å². The molecule has 0 aliphatic rings. The van der Waals surface area contributed by atoms with Gasteiger partial charge in [0.05, 0.1) is 26.7 Å². The summed E-state index contributed by atoms with van der Waals surface area (Å²) in [5.41, 5.74) is 2.86. The Morgan fingerprint density at radius 2 is 1.96 bits per heavy atom. The van der Waals surface area contributed by atoms with Gasteiger partial charge in [0, 0.05) is 16.8 Å². The Morgan fingerprint density at radius 1 is 1.24 bits per heavy atom. The van der Waals surface area contributed by atoms with Gasteiger partial charge >= 0.3 is 0 Å². The van der Waals surface area contributed by atoms with Crippen molar-refractivity contribution in [2.45, 2.75) is 12.8 Å². The molecule has 0 atom stereocenters. The average Bonchev–Trinajstić information content (AvgIpc) is 2.63. The van der Waals surface area contributed by atoms with Crippen LogP contribution < -0.4 is 14.8 Å². The number of ether oxygens (including phenoxy) is 2. The van der Waals surface area contributed by atoms with Gasteiger partial charge in [-0.15, -0.1) is 6.58 Å². The Hall–Kier alpha value is -3.26. The van der Waals surface area contributed by atoms with Crippen LogP contribution in [0.15, 0.2) is 49.1 Å². The summed E-state index contributed by atoms with van der Waals surface area (Å²) in [5, 5.41) is 11.5. The van der Waals surface area contributed by atoms with Crippen LogP contribution in [-0.2, 0) is 12.8 Å². The zero-order valence-corrected chi connectivity index (χ0v) is 14.3. The Bertz CT molecular complexity index is 805. The van der Waals surface area contributed by atoms with E-state index in [-0.39, 0.29) is 5.91 Å². The molecule has 0 spiro atoms. The maximum absolute atomic E-state index is 12.6. The lowest BCUT2D eigenvalue weighted by Crippen LogP contribution is -2.13. The van der Waals surface area contributed by atoms with Crippen LogP contribution in [0.2, 0.25) is 0 Å². The molecule has 1 amide bonds. The van der Waals surface area contributed by atoms with Crippen LogP contribution in [0.1, 0.15) is 21.5 Å². The van der Waals surface area contributed by atoms with Crippen molar-refractivity contribution in [1.29, 1.82) is 5.26 Å². The van der Waals surface area contributed by atoms with Crippen LogP contribution >= 0.6 is 0 Å². The second-order valence-electron chi connectivity index (χ2n) is 5.35. The van der Waals surface area contributed by atoms with E-state index < -0.39 is 0 Å². The minimum Gasteiger partial charge on any atom is -0.493 e. The van der Waals surface area contributed by atoms with Gasteiger partial charge < -0.3 is 14.8 Å². The molecule has 0 saturated heterocycles. The molecule has 0 heterocycles. The van der Waals surface area contributed by atoms with E-state index in [0.29, 0.717) is 35.6 Å². The Balaban J connectivity index is 2.27. The van der Waals surface area contributed by atoms with Gasteiger partial charge in [-0.3, -0.25) is 4.79 Å². The minimum atomic E-state index is -0.251. The number of hydrogen-bond acceptors (Lipinski definition) is 4. The summed E-state index contributed by atoms with van der Waals surface area (Å²) in [7, 11) is 3.10. The lowest BCUT2D eigenvalue weighted by Gasteiger charge is -2.14. The number of benzene rings is 2. The predicted molar refractivity (Wildman–Crippen MR) is 97.2 cm³/mol. The first kappa shape index (κ1) is 18.1. The maximum Gasteiger partial charge on any atom is 0.255 e. The fraction of sp³-hybridized carbons (Fsp3) is 0.200. The van der Waals surface area contributed by atoms with Gasteiger partial charge in [0.2, 0.25) is 0 Å². The molecule has 0 fully saturated rings. The van der Waals surface area contributed by atoms with Gasteiger partial charge in [-0.05, 0) is 36.2 Å². The fourth-order valence-electron chi connectivity index (χ4n) is 2.48. The number of amides is 1. The van der Waals surface area contributed by atoms with E-state index in [4.69, 9.17) is 14.7 Å². The fourth-order valence-corrected chi connectivity index (χ4v) is 2.48. The number of nitrogens with one attached hydrogen (secondary N) is 1. The molecule has 128 valence electrons. The van der Waals surface area contributed by atoms with E-state index >= 15 is 0 Å². The molecule has 2 aromatic rings. The Labute approximate surface area is 147 Å². The van der Waals surface area contributed by atoms with Gasteiger partial charge in [-0.1, -0.05) is 18.2 Å². The summed E-state index contributed by atoms with van der Waals surface area (Å²) in [6.45, 7) is 3.73. The molecule has 2 rings (SSSR count). The van der Waals surface area contributed by atoms with E-state index in [1.165, 1.54) is 7.11 Å². The molecular weight excluding hydrogens is 316 g/mol. The molecule has 5 nitrogen and oxygen atoms in total. The van der Waals surface area contributed by atoms with Crippen molar-refractivity contribution in [3.8, 4) is 17.6 Å². The monoisotopic (exact) mass is 336 g/mol. The van der Waals surface area contributed by atoms with Crippen LogP contribution in [0.3, 0.4) is 0 Å². The molecule has 0 aromatic heterocycles. The number of nitrogens with zero attached hydrogens (tertiary/aromatic N) is 1. The van der Waals surface area contributed by atoms with Crippen LogP contribution in [0.25, 0.3) is 0 Å². The van der Waals surface area contributed by atoms with E-state index in [0.717, 1.165) is 11.1 Å². The van der Waals surface area contributed by atoms with Gasteiger partial charge in [0.1, 0.15) is 0 Å². The van der Waals surface area contributed by atoms with Crippen molar-refractivity contribution < 1.29 is 14.3 Å². The molecule has 0 aliphatic heterocycles. The SMILES string of the molecule is C=CCc1cc(C(=O)Nc2ccc(CC#N)cc2)cc(OC)c1OC. The van der Waals surface area contributed by atoms with Crippen molar-refractivity contribution in [3.05, 3.63) is 65.7 Å². The summed E-state index contributed by atoms with van der Waals surface area (Å²) < 4.78 is 10.7. The third-order valence-electron chi connectivity index (χ3n) is 3.68. The number of rotatable bonds is 7. The van der Waals surface area contributed by atoms with Crippen molar-refractivity contribution in [1.82, 2.24) is 0 Å². The van der Waals surface area contributed by atoms with Gasteiger partial charge in [-0.2, -0.15) is 5.26 Å². The molecular formula is C20H20N2O3. The summed E-state index contributed by atoms with van der Waals surface area (Å²) in [6.07, 6.45) is 2.64. The largest absolute Gasteiger partial charge is 0.493 e. The summed E-state index contributed by atoms with van der Waals surface area (Å²) in [6, 6.07) is 12.7. The normalized spacial score (nSPS) is 9.80. The highest BCUT2D eigenvalue weighted by atomic mass is 16.5. The summed E-state index contributed by atoms with van der Waals surface area (Å²) >= 11 is 0. The first-order chi connectivity index (χ1) is 12.1.